The summed E-state index contributed by atoms with van der Waals surface area (Å²) < 4.78 is 25.5. The summed E-state index contributed by atoms with van der Waals surface area (Å²) in [5, 5.41) is 14.1. The molecule has 178 valence electrons. The zero-order valence-electron chi connectivity index (χ0n) is 18.8. The fourth-order valence-electron chi connectivity index (χ4n) is 4.32. The minimum absolute atomic E-state index is 0. The number of Topliss-reactive ketones (excluding diaryl/α,β-unsaturated/α-hetero) is 1. The van der Waals surface area contributed by atoms with Crippen LogP contribution in [0, 0.1) is 5.92 Å². The summed E-state index contributed by atoms with van der Waals surface area (Å²) >= 11 is 0. The molecule has 0 saturated carbocycles. The molecule has 1 aliphatic carbocycles. The van der Waals surface area contributed by atoms with Gasteiger partial charge >= 0.3 is 0 Å². The number of hydrogen-bond donors (Lipinski definition) is 5. The van der Waals surface area contributed by atoms with Crippen molar-refractivity contribution >= 4 is 51.9 Å². The van der Waals surface area contributed by atoms with E-state index in [1.807, 2.05) is 19.1 Å². The number of nitrogens with two attached hydrogens (primary N) is 1. The average molecular weight is 492 g/mol. The maximum atomic E-state index is 13.9. The number of benzene rings is 2. The highest BCUT2D eigenvalue weighted by molar-refractivity contribution is 8.23. The third-order valence-corrected chi connectivity index (χ3v) is 7.95. The Bertz CT molecular complexity index is 1160. The van der Waals surface area contributed by atoms with Crippen molar-refractivity contribution in [2.45, 2.75) is 50.3 Å². The largest absolute Gasteiger partial charge is 0.506 e. The molecule has 33 heavy (non-hydrogen) atoms. The molecule has 4 rings (SSSR count). The molecule has 7 nitrogen and oxygen atoms in total. The summed E-state index contributed by atoms with van der Waals surface area (Å²) in [4.78, 5) is 14.0. The molecule has 9 heteroatoms. The number of nitrogens with zero attached hydrogens (tertiary/aromatic N) is 1. The average Bonchev–Trinajstić information content (AvgIpc) is 2.76. The molecule has 6 N–H and O–H groups in total. The first-order valence-corrected chi connectivity index (χ1v) is 12.2. The van der Waals surface area contributed by atoms with Crippen LogP contribution in [0.4, 0.5) is 11.4 Å². The maximum absolute atomic E-state index is 13.9. The number of hydrogen-bond acceptors (Lipinski definition) is 7. The van der Waals surface area contributed by atoms with Gasteiger partial charge in [0.2, 0.25) is 0 Å². The fourth-order valence-corrected chi connectivity index (χ4v) is 5.52. The Labute approximate surface area is 201 Å². The van der Waals surface area contributed by atoms with Crippen LogP contribution in [0.5, 0.6) is 0 Å². The Morgan fingerprint density at radius 3 is 2.61 bits per heavy atom. The molecule has 0 spiro atoms. The van der Waals surface area contributed by atoms with Crippen molar-refractivity contribution in [1.82, 2.24) is 0 Å². The molecule has 1 heterocycles. The van der Waals surface area contributed by atoms with Crippen molar-refractivity contribution in [2.75, 3.05) is 11.1 Å². The minimum Gasteiger partial charge on any atom is -0.506 e. The van der Waals surface area contributed by atoms with Crippen molar-refractivity contribution < 1.29 is 19.0 Å². The van der Waals surface area contributed by atoms with Crippen LogP contribution >= 0.6 is 23.2 Å². The second-order valence-corrected chi connectivity index (χ2v) is 10.5. The van der Waals surface area contributed by atoms with E-state index in [4.69, 9.17) is 5.73 Å². The third kappa shape index (κ3) is 4.24. The van der Waals surface area contributed by atoms with Gasteiger partial charge in [0.05, 0.1) is 11.1 Å². The number of fused-ring (bicyclic) bond motifs is 2. The second kappa shape index (κ2) is 9.02. The number of anilines is 2. The molecule has 2 atom stereocenters. The summed E-state index contributed by atoms with van der Waals surface area (Å²) in [6.45, 7) is 6.16. The van der Waals surface area contributed by atoms with Crippen molar-refractivity contribution in [3.05, 3.63) is 59.2 Å². The monoisotopic (exact) mass is 491 g/mol. The Kier molecular flexibility index (Phi) is 6.87. The number of aliphatic hydroxyl groups is 1. The number of nitrogens with one attached hydrogen (secondary N) is 1. The van der Waals surface area contributed by atoms with Gasteiger partial charge in [0.15, 0.2) is 11.6 Å². The highest BCUT2D eigenvalue weighted by Crippen LogP contribution is 2.56. The van der Waals surface area contributed by atoms with Crippen LogP contribution in [-0.2, 0) is 10.2 Å². The highest BCUT2D eigenvalue weighted by Gasteiger charge is 2.46. The first kappa shape index (κ1) is 25.1. The lowest BCUT2D eigenvalue weighted by atomic mass is 9.66. The molecule has 2 aromatic carbocycles. The van der Waals surface area contributed by atoms with E-state index in [1.54, 1.807) is 24.3 Å². The molecular weight excluding hydrogens is 462 g/mol. The Morgan fingerprint density at radius 2 is 1.91 bits per heavy atom. The number of rotatable bonds is 5. The van der Waals surface area contributed by atoms with Gasteiger partial charge in [0, 0.05) is 11.3 Å². The van der Waals surface area contributed by atoms with Gasteiger partial charge in [0.25, 0.3) is 0 Å². The summed E-state index contributed by atoms with van der Waals surface area (Å²) in [5.74, 6) is -0.109. The topological polar surface area (TPSA) is 128 Å². The van der Waals surface area contributed by atoms with Crippen LogP contribution in [0.1, 0.15) is 51.2 Å². The Morgan fingerprint density at radius 1 is 1.21 bits per heavy atom. The summed E-state index contributed by atoms with van der Waals surface area (Å²) in [6, 6.07) is 12.0. The zero-order valence-corrected chi connectivity index (χ0v) is 20.5. The number of amidine groups is 1. The highest BCUT2D eigenvalue weighted by atomic mass is 35.5. The van der Waals surface area contributed by atoms with E-state index in [0.717, 1.165) is 18.4 Å². The molecule has 2 aromatic rings. The number of carbonyl (C=O) groups is 1. The predicted octanol–water partition coefficient (Wildman–Crippen LogP) is 6.18. The van der Waals surface area contributed by atoms with E-state index in [2.05, 4.69) is 23.6 Å². The Balaban J connectivity index is 0.00000306. The van der Waals surface area contributed by atoms with Crippen LogP contribution in [0.25, 0.3) is 5.76 Å². The van der Waals surface area contributed by atoms with Crippen LogP contribution in [0.2, 0.25) is 0 Å². The zero-order chi connectivity index (χ0) is 23.3. The van der Waals surface area contributed by atoms with E-state index in [1.165, 1.54) is 6.07 Å². The summed E-state index contributed by atoms with van der Waals surface area (Å²) in [5.41, 5.74) is 6.96. The third-order valence-electron chi connectivity index (χ3n) is 6.58. The SMILES string of the molecule is CC[C@H](C)CCC1(C)C(=O)C(C2=NS(O)(O)c3cc(N)ccc3N2)=C(O)c2ccccc21.Cl. The molecule has 0 fully saturated rings. The van der Waals surface area contributed by atoms with Gasteiger partial charge in [-0.05, 0) is 49.4 Å². The lowest BCUT2D eigenvalue weighted by Gasteiger charge is -2.39. The maximum Gasteiger partial charge on any atom is 0.180 e. The van der Waals surface area contributed by atoms with Crippen LogP contribution in [-0.4, -0.2) is 25.8 Å². The van der Waals surface area contributed by atoms with Gasteiger partial charge in [-0.2, -0.15) is 0 Å². The van der Waals surface area contributed by atoms with E-state index in [9.17, 15) is 19.0 Å². The number of ketones is 1. The molecule has 0 aromatic heterocycles. The van der Waals surface area contributed by atoms with E-state index in [0.29, 0.717) is 29.3 Å². The predicted molar refractivity (Wildman–Crippen MR) is 137 cm³/mol. The summed E-state index contributed by atoms with van der Waals surface area (Å²) in [7, 11) is -3.61. The smallest absolute Gasteiger partial charge is 0.180 e. The first-order valence-electron chi connectivity index (χ1n) is 10.7. The van der Waals surface area contributed by atoms with Crippen molar-refractivity contribution in [3.63, 3.8) is 0 Å². The van der Waals surface area contributed by atoms with Gasteiger partial charge in [-0.15, -0.1) is 16.8 Å². The molecule has 0 saturated heterocycles. The summed E-state index contributed by atoms with van der Waals surface area (Å²) in [6.07, 6.45) is 2.46. The molecule has 1 aliphatic heterocycles. The number of halogens is 1. The van der Waals surface area contributed by atoms with Crippen LogP contribution < -0.4 is 11.1 Å². The van der Waals surface area contributed by atoms with Crippen molar-refractivity contribution in [3.8, 4) is 0 Å². The molecule has 0 bridgehead atoms. The molecule has 0 radical (unpaired) electrons. The van der Waals surface area contributed by atoms with Gasteiger partial charge in [-0.3, -0.25) is 13.9 Å². The van der Waals surface area contributed by atoms with Gasteiger partial charge in [-0.25, -0.2) is 0 Å². The number of carbonyl (C=O) groups excluding carboxylic acids is 1. The number of aliphatic hydroxyl groups excluding tert-OH is 1. The second-order valence-electron chi connectivity index (χ2n) is 8.82. The van der Waals surface area contributed by atoms with E-state index < -0.39 is 16.2 Å². The molecular formula is C24H30ClN3O4S. The fraction of sp³-hybridized carbons (Fsp3) is 0.333. The van der Waals surface area contributed by atoms with Gasteiger partial charge in [-0.1, -0.05) is 55.3 Å². The van der Waals surface area contributed by atoms with E-state index >= 15 is 0 Å². The van der Waals surface area contributed by atoms with Gasteiger partial charge < -0.3 is 16.2 Å². The Hall–Kier alpha value is -2.52. The standard InChI is InChI=1S/C24H29N3O4S.ClH/c1-4-14(2)11-12-24(3)17-8-6-5-7-16(17)21(28)20(22(24)29)23-26-18-10-9-15(25)13-19(18)32(30,31)27-23;/h5-10,13-14,28,30-31H,4,11-12,25H2,1-3H3,(H,26,27);1H/t14-,24?;/m0./s1. The molecule has 0 amide bonds. The molecule has 2 aliphatic rings. The quantitative estimate of drug-likeness (QED) is 0.318. The van der Waals surface area contributed by atoms with Crippen molar-refractivity contribution in [2.24, 2.45) is 10.3 Å². The van der Waals surface area contributed by atoms with Crippen LogP contribution in [0.15, 0.2) is 57.3 Å². The number of nitrogen functional groups attached to an aromatic ring is 1. The first-order chi connectivity index (χ1) is 15.1. The van der Waals surface area contributed by atoms with Crippen molar-refractivity contribution in [1.29, 1.82) is 0 Å². The van der Waals surface area contributed by atoms with E-state index in [-0.39, 0.29) is 40.3 Å². The van der Waals surface area contributed by atoms with Crippen LogP contribution in [0.3, 0.4) is 0 Å². The molecule has 1 unspecified atom stereocenters. The minimum atomic E-state index is -3.61. The lowest BCUT2D eigenvalue weighted by Crippen LogP contribution is -2.42. The lowest BCUT2D eigenvalue weighted by molar-refractivity contribution is -0.120. The normalized spacial score (nSPS) is 22.8. The van der Waals surface area contributed by atoms with Gasteiger partial charge in [0.1, 0.15) is 16.2 Å².